The van der Waals surface area contributed by atoms with Crippen LogP contribution in [0.4, 0.5) is 0 Å². The average Bonchev–Trinajstić information content (AvgIpc) is 2.56. The third-order valence-corrected chi connectivity index (χ3v) is 3.58. The summed E-state index contributed by atoms with van der Waals surface area (Å²) in [6.45, 7) is 8.29. The van der Waals surface area contributed by atoms with E-state index in [1.165, 1.54) is 0 Å². The van der Waals surface area contributed by atoms with Crippen LogP contribution < -0.4 is 15.4 Å². The maximum Gasteiger partial charge on any atom is 0.222 e. The highest BCUT2D eigenvalue weighted by molar-refractivity contribution is 14.0. The number of carbonyl (C=O) groups excluding carboxylic acids is 1. The van der Waals surface area contributed by atoms with Crippen molar-refractivity contribution in [2.24, 2.45) is 10.9 Å². The van der Waals surface area contributed by atoms with Gasteiger partial charge in [0.15, 0.2) is 5.96 Å². The van der Waals surface area contributed by atoms with Gasteiger partial charge < -0.3 is 20.3 Å². The Morgan fingerprint density at radius 1 is 1.24 bits per heavy atom. The highest BCUT2D eigenvalue weighted by atomic mass is 127. The van der Waals surface area contributed by atoms with E-state index < -0.39 is 0 Å². The van der Waals surface area contributed by atoms with Crippen molar-refractivity contribution >= 4 is 35.8 Å². The van der Waals surface area contributed by atoms with Crippen molar-refractivity contribution in [2.75, 3.05) is 40.3 Å². The van der Waals surface area contributed by atoms with E-state index in [2.05, 4.69) is 15.6 Å². The molecule has 0 aliphatic rings. The molecule has 0 heterocycles. The van der Waals surface area contributed by atoms with Crippen LogP contribution in [0.25, 0.3) is 0 Å². The first kappa shape index (κ1) is 23.5. The van der Waals surface area contributed by atoms with Gasteiger partial charge in [0.25, 0.3) is 0 Å². The van der Waals surface area contributed by atoms with Crippen LogP contribution in [0.3, 0.4) is 0 Å². The smallest absolute Gasteiger partial charge is 0.222 e. The first-order valence-electron chi connectivity index (χ1n) is 8.33. The van der Waals surface area contributed by atoms with E-state index in [0.717, 1.165) is 17.3 Å². The van der Waals surface area contributed by atoms with E-state index in [9.17, 15) is 4.79 Å². The van der Waals surface area contributed by atoms with Gasteiger partial charge in [-0.3, -0.25) is 9.79 Å². The van der Waals surface area contributed by atoms with Crippen LogP contribution in [-0.2, 0) is 4.79 Å². The highest BCUT2D eigenvalue weighted by Crippen LogP contribution is 2.15. The van der Waals surface area contributed by atoms with Gasteiger partial charge in [0.1, 0.15) is 12.4 Å². The van der Waals surface area contributed by atoms with Crippen molar-refractivity contribution in [3.63, 3.8) is 0 Å². The minimum atomic E-state index is 0. The van der Waals surface area contributed by atoms with Crippen LogP contribution in [0.15, 0.2) is 29.3 Å². The van der Waals surface area contributed by atoms with Gasteiger partial charge in [0.05, 0.1) is 6.54 Å². The number of hydrogen-bond acceptors (Lipinski definition) is 3. The van der Waals surface area contributed by atoms with Gasteiger partial charge in [-0.25, -0.2) is 0 Å². The Morgan fingerprint density at radius 3 is 2.48 bits per heavy atom. The second kappa shape index (κ2) is 12.8. The molecule has 7 heteroatoms. The molecule has 0 aliphatic heterocycles. The predicted molar refractivity (Wildman–Crippen MR) is 114 cm³/mol. The van der Waals surface area contributed by atoms with E-state index in [1.807, 2.05) is 57.0 Å². The summed E-state index contributed by atoms with van der Waals surface area (Å²) in [6, 6.07) is 7.97. The summed E-state index contributed by atoms with van der Waals surface area (Å²) >= 11 is 0. The summed E-state index contributed by atoms with van der Waals surface area (Å²) in [5.74, 6) is 1.75. The third-order valence-electron chi connectivity index (χ3n) is 3.58. The first-order chi connectivity index (χ1) is 11.5. The number of amides is 1. The molecule has 0 aliphatic carbocycles. The highest BCUT2D eigenvalue weighted by Gasteiger charge is 2.08. The Labute approximate surface area is 168 Å². The Kier molecular flexibility index (Phi) is 12.0. The number of ether oxygens (including phenoxy) is 1. The number of rotatable bonds is 8. The molecule has 0 fully saturated rings. The van der Waals surface area contributed by atoms with E-state index in [1.54, 1.807) is 7.05 Å². The van der Waals surface area contributed by atoms with Crippen LogP contribution in [0, 0.1) is 12.8 Å². The van der Waals surface area contributed by atoms with Crippen molar-refractivity contribution in [3.8, 4) is 5.75 Å². The second-order valence-electron chi connectivity index (χ2n) is 5.96. The maximum absolute atomic E-state index is 11.5. The van der Waals surface area contributed by atoms with Crippen LogP contribution in [-0.4, -0.2) is 57.1 Å². The topological polar surface area (TPSA) is 66.0 Å². The fourth-order valence-electron chi connectivity index (χ4n) is 2.07. The predicted octanol–water partition coefficient (Wildman–Crippen LogP) is 2.27. The summed E-state index contributed by atoms with van der Waals surface area (Å²) in [5, 5.41) is 6.10. The average molecular weight is 462 g/mol. The van der Waals surface area contributed by atoms with Gasteiger partial charge in [0, 0.05) is 33.1 Å². The van der Waals surface area contributed by atoms with Crippen molar-refractivity contribution in [3.05, 3.63) is 29.8 Å². The van der Waals surface area contributed by atoms with Gasteiger partial charge in [-0.2, -0.15) is 0 Å². The Morgan fingerprint density at radius 2 is 1.88 bits per heavy atom. The van der Waals surface area contributed by atoms with Crippen molar-refractivity contribution in [1.82, 2.24) is 15.5 Å². The molecule has 0 bridgehead atoms. The maximum atomic E-state index is 11.5. The van der Waals surface area contributed by atoms with E-state index in [4.69, 9.17) is 4.74 Å². The summed E-state index contributed by atoms with van der Waals surface area (Å²) in [6.07, 6.45) is 0. The van der Waals surface area contributed by atoms with Gasteiger partial charge in [0.2, 0.25) is 5.91 Å². The number of likely N-dealkylation sites (N-methyl/N-ethyl adjacent to an activating group) is 1. The number of halogens is 1. The lowest BCUT2D eigenvalue weighted by Gasteiger charge is -2.22. The minimum absolute atomic E-state index is 0. The standard InChI is InChI=1S/C18H30N4O2.HI/c1-14(2)17(23)20-10-11-21-18(19-4)22(5)12-13-24-16-9-7-6-8-15(16)3;/h6-9,14H,10-13H2,1-5H3,(H,19,21)(H,20,23);1H. The zero-order chi connectivity index (χ0) is 17.9. The summed E-state index contributed by atoms with van der Waals surface area (Å²) in [7, 11) is 3.71. The number of aryl methyl sites for hydroxylation is 1. The molecule has 0 spiro atoms. The molecule has 25 heavy (non-hydrogen) atoms. The lowest BCUT2D eigenvalue weighted by molar-refractivity contribution is -0.123. The molecule has 1 amide bonds. The Bertz CT molecular complexity index is 550. The van der Waals surface area contributed by atoms with Gasteiger partial charge in [-0.15, -0.1) is 24.0 Å². The molecule has 0 aromatic heterocycles. The van der Waals surface area contributed by atoms with Crippen LogP contribution >= 0.6 is 24.0 Å². The zero-order valence-electron chi connectivity index (χ0n) is 15.8. The van der Waals surface area contributed by atoms with Crippen LogP contribution in [0.2, 0.25) is 0 Å². The third kappa shape index (κ3) is 8.94. The van der Waals surface area contributed by atoms with E-state index >= 15 is 0 Å². The van der Waals surface area contributed by atoms with Crippen LogP contribution in [0.5, 0.6) is 5.75 Å². The number of nitrogens with zero attached hydrogens (tertiary/aromatic N) is 2. The lowest BCUT2D eigenvalue weighted by atomic mass is 10.2. The number of para-hydroxylation sites is 1. The summed E-state index contributed by atoms with van der Waals surface area (Å²) < 4.78 is 5.80. The van der Waals surface area contributed by atoms with Gasteiger partial charge in [-0.05, 0) is 18.6 Å². The molecule has 0 saturated carbocycles. The molecule has 1 rings (SSSR count). The van der Waals surface area contributed by atoms with Gasteiger partial charge >= 0.3 is 0 Å². The molecule has 1 aromatic carbocycles. The SMILES string of the molecule is CN=C(NCCNC(=O)C(C)C)N(C)CCOc1ccccc1C.I. The Hall–Kier alpha value is -1.51. The molecule has 0 radical (unpaired) electrons. The number of benzene rings is 1. The molecule has 0 atom stereocenters. The molecule has 0 unspecified atom stereocenters. The van der Waals surface area contributed by atoms with E-state index in [0.29, 0.717) is 26.2 Å². The summed E-state index contributed by atoms with van der Waals surface area (Å²) in [5.41, 5.74) is 1.13. The molecule has 142 valence electrons. The quantitative estimate of drug-likeness (QED) is 0.269. The largest absolute Gasteiger partial charge is 0.491 e. The van der Waals surface area contributed by atoms with Crippen molar-refractivity contribution in [2.45, 2.75) is 20.8 Å². The molecular formula is C18H31IN4O2. The molecule has 1 aromatic rings. The van der Waals surface area contributed by atoms with E-state index in [-0.39, 0.29) is 35.8 Å². The van der Waals surface area contributed by atoms with Crippen molar-refractivity contribution in [1.29, 1.82) is 0 Å². The number of hydrogen-bond donors (Lipinski definition) is 2. The Balaban J connectivity index is 0.00000576. The molecular weight excluding hydrogens is 431 g/mol. The number of guanidine groups is 1. The first-order valence-corrected chi connectivity index (χ1v) is 8.33. The zero-order valence-corrected chi connectivity index (χ0v) is 18.2. The molecule has 6 nitrogen and oxygen atoms in total. The molecule has 2 N–H and O–H groups in total. The monoisotopic (exact) mass is 462 g/mol. The van der Waals surface area contributed by atoms with Gasteiger partial charge in [-0.1, -0.05) is 32.0 Å². The normalized spacial score (nSPS) is 10.9. The number of aliphatic imine (C=N–C) groups is 1. The van der Waals surface area contributed by atoms with Crippen LogP contribution in [0.1, 0.15) is 19.4 Å². The fraction of sp³-hybridized carbons (Fsp3) is 0.556. The number of nitrogens with one attached hydrogen (secondary N) is 2. The second-order valence-corrected chi connectivity index (χ2v) is 5.96. The molecule has 0 saturated heterocycles. The van der Waals surface area contributed by atoms with Crippen molar-refractivity contribution < 1.29 is 9.53 Å². The minimum Gasteiger partial charge on any atom is -0.491 e. The number of carbonyl (C=O) groups is 1. The summed E-state index contributed by atoms with van der Waals surface area (Å²) in [4.78, 5) is 17.7. The lowest BCUT2D eigenvalue weighted by Crippen LogP contribution is -2.44. The fourth-order valence-corrected chi connectivity index (χ4v) is 2.07.